The summed E-state index contributed by atoms with van der Waals surface area (Å²) in [5.74, 6) is -1.34. The Morgan fingerprint density at radius 2 is 1.67 bits per heavy atom. The molecule has 0 radical (unpaired) electrons. The lowest BCUT2D eigenvalue weighted by Gasteiger charge is -2.13. The van der Waals surface area contributed by atoms with E-state index in [9.17, 15) is 19.8 Å². The van der Waals surface area contributed by atoms with Crippen LogP contribution in [0.5, 0.6) is 11.5 Å². The van der Waals surface area contributed by atoms with Gasteiger partial charge in [0.2, 0.25) is 0 Å². The maximum Gasteiger partial charge on any atom is 0.190 e. The number of phenols is 2. The van der Waals surface area contributed by atoms with Crippen LogP contribution in [-0.4, -0.2) is 21.8 Å². The highest BCUT2D eigenvalue weighted by molar-refractivity contribution is 6.23. The molecule has 4 nitrogen and oxygen atoms in total. The number of ketones is 2. The number of carbonyl (C=O) groups is 2. The molecule has 0 amide bonds. The number of fused-ring (bicyclic) bond motifs is 1. The molecular formula is C11H8O4. The van der Waals surface area contributed by atoms with Gasteiger partial charge in [0, 0.05) is 11.1 Å². The summed E-state index contributed by atoms with van der Waals surface area (Å²) < 4.78 is 0. The van der Waals surface area contributed by atoms with E-state index in [0.717, 1.165) is 12.2 Å². The number of phenolic OH excluding ortho intramolecular Hbond substituents is 2. The molecule has 2 N–H and O–H groups in total. The normalized spacial score (nSPS) is 14.2. The van der Waals surface area contributed by atoms with Crippen LogP contribution in [-0.2, 0) is 0 Å². The molecule has 0 aromatic heterocycles. The Hall–Kier alpha value is -2.10. The van der Waals surface area contributed by atoms with Crippen molar-refractivity contribution in [2.24, 2.45) is 0 Å². The first-order valence-corrected chi connectivity index (χ1v) is 4.34. The van der Waals surface area contributed by atoms with Crippen LogP contribution in [0, 0.1) is 6.92 Å². The largest absolute Gasteiger partial charge is 0.508 e. The number of carbonyl (C=O) groups excluding carboxylic acids is 2. The second kappa shape index (κ2) is 2.95. The fourth-order valence-corrected chi connectivity index (χ4v) is 1.52. The van der Waals surface area contributed by atoms with E-state index in [4.69, 9.17) is 0 Å². The van der Waals surface area contributed by atoms with Crippen LogP contribution in [0.2, 0.25) is 0 Å². The monoisotopic (exact) mass is 204 g/mol. The Labute approximate surface area is 85.5 Å². The summed E-state index contributed by atoms with van der Waals surface area (Å²) in [6.45, 7) is 1.47. The topological polar surface area (TPSA) is 74.6 Å². The zero-order valence-corrected chi connectivity index (χ0v) is 7.94. The van der Waals surface area contributed by atoms with Crippen LogP contribution in [0.1, 0.15) is 26.3 Å². The Bertz CT molecular complexity index is 512. The highest BCUT2D eigenvalue weighted by atomic mass is 16.3. The van der Waals surface area contributed by atoms with Gasteiger partial charge < -0.3 is 10.2 Å². The van der Waals surface area contributed by atoms with Gasteiger partial charge in [-0.05, 0) is 25.1 Å². The Balaban J connectivity index is 2.83. The van der Waals surface area contributed by atoms with Crippen molar-refractivity contribution in [2.45, 2.75) is 6.92 Å². The molecular weight excluding hydrogens is 196 g/mol. The van der Waals surface area contributed by atoms with Crippen molar-refractivity contribution >= 4 is 11.6 Å². The predicted octanol–water partition coefficient (Wildman–Crippen LogP) is 1.34. The number of benzene rings is 1. The Morgan fingerprint density at radius 1 is 1.07 bits per heavy atom. The van der Waals surface area contributed by atoms with Crippen molar-refractivity contribution < 1.29 is 19.8 Å². The van der Waals surface area contributed by atoms with Crippen LogP contribution in [0.15, 0.2) is 18.2 Å². The molecule has 2 rings (SSSR count). The molecule has 0 bridgehead atoms. The second-order valence-corrected chi connectivity index (χ2v) is 3.35. The van der Waals surface area contributed by atoms with Crippen LogP contribution in [0.25, 0.3) is 0 Å². The zero-order valence-electron chi connectivity index (χ0n) is 7.94. The van der Waals surface area contributed by atoms with Crippen LogP contribution in [0.3, 0.4) is 0 Å². The minimum atomic E-state index is -0.426. The summed E-state index contributed by atoms with van der Waals surface area (Å²) in [5, 5.41) is 19.1. The maximum absolute atomic E-state index is 11.4. The van der Waals surface area contributed by atoms with E-state index in [0.29, 0.717) is 0 Å². The average Bonchev–Trinajstić information content (AvgIpc) is 2.20. The lowest BCUT2D eigenvalue weighted by atomic mass is 9.91. The second-order valence-electron chi connectivity index (χ2n) is 3.35. The number of hydrogen-bond donors (Lipinski definition) is 2. The zero-order chi connectivity index (χ0) is 11.2. The summed E-state index contributed by atoms with van der Waals surface area (Å²) in [6, 6.07) is 1.20. The molecule has 1 aromatic carbocycles. The molecule has 76 valence electrons. The van der Waals surface area contributed by atoms with Gasteiger partial charge in [-0.1, -0.05) is 0 Å². The molecule has 0 aliphatic heterocycles. The fraction of sp³-hybridized carbons (Fsp3) is 0.0909. The standard InChI is InChI=1S/C11H8O4/c1-5-9(14)4-6-7(12)2-3-8(13)10(6)11(5)15/h2-4,14-15H,1H3. The molecule has 1 aromatic rings. The number of hydrogen-bond acceptors (Lipinski definition) is 4. The maximum atomic E-state index is 11.4. The summed E-state index contributed by atoms with van der Waals surface area (Å²) in [4.78, 5) is 22.8. The highest BCUT2D eigenvalue weighted by Gasteiger charge is 2.25. The Morgan fingerprint density at radius 3 is 2.33 bits per heavy atom. The van der Waals surface area contributed by atoms with Crippen molar-refractivity contribution in [1.29, 1.82) is 0 Å². The molecule has 1 aliphatic carbocycles. The van der Waals surface area contributed by atoms with Crippen molar-refractivity contribution in [1.82, 2.24) is 0 Å². The van der Waals surface area contributed by atoms with Gasteiger partial charge in [0.05, 0.1) is 5.56 Å². The van der Waals surface area contributed by atoms with Gasteiger partial charge in [-0.15, -0.1) is 0 Å². The molecule has 0 atom stereocenters. The summed E-state index contributed by atoms with van der Waals surface area (Å²) in [6.07, 6.45) is 2.24. The van der Waals surface area contributed by atoms with Crippen LogP contribution >= 0.6 is 0 Å². The van der Waals surface area contributed by atoms with Gasteiger partial charge in [-0.25, -0.2) is 0 Å². The average molecular weight is 204 g/mol. The van der Waals surface area contributed by atoms with E-state index >= 15 is 0 Å². The van der Waals surface area contributed by atoms with Gasteiger partial charge in [-0.3, -0.25) is 9.59 Å². The van der Waals surface area contributed by atoms with E-state index in [1.165, 1.54) is 13.0 Å². The van der Waals surface area contributed by atoms with Crippen molar-refractivity contribution in [3.8, 4) is 11.5 Å². The third-order valence-corrected chi connectivity index (χ3v) is 2.42. The minimum Gasteiger partial charge on any atom is -0.508 e. The lowest BCUT2D eigenvalue weighted by molar-refractivity contribution is 0.0991. The molecule has 0 spiro atoms. The van der Waals surface area contributed by atoms with E-state index in [2.05, 4.69) is 0 Å². The van der Waals surface area contributed by atoms with Gasteiger partial charge in [0.1, 0.15) is 11.5 Å². The minimum absolute atomic E-state index is 0.0298. The van der Waals surface area contributed by atoms with Crippen molar-refractivity contribution in [3.63, 3.8) is 0 Å². The van der Waals surface area contributed by atoms with Gasteiger partial charge in [0.15, 0.2) is 11.6 Å². The quantitative estimate of drug-likeness (QED) is 0.668. The van der Waals surface area contributed by atoms with Gasteiger partial charge >= 0.3 is 0 Å². The Kier molecular flexibility index (Phi) is 1.86. The van der Waals surface area contributed by atoms with E-state index in [1.807, 2.05) is 0 Å². The third kappa shape index (κ3) is 1.22. The van der Waals surface area contributed by atoms with Gasteiger partial charge in [0.25, 0.3) is 0 Å². The molecule has 0 fully saturated rings. The molecule has 1 aliphatic rings. The van der Waals surface area contributed by atoms with Crippen molar-refractivity contribution in [2.75, 3.05) is 0 Å². The SMILES string of the molecule is Cc1c(O)cc2c(c1O)C(=O)C=CC2=O. The first-order chi connectivity index (χ1) is 7.02. The van der Waals surface area contributed by atoms with Crippen molar-refractivity contribution in [3.05, 3.63) is 34.9 Å². The lowest BCUT2D eigenvalue weighted by Crippen LogP contribution is -2.12. The summed E-state index contributed by atoms with van der Waals surface area (Å²) in [7, 11) is 0. The van der Waals surface area contributed by atoms with Crippen LogP contribution in [0.4, 0.5) is 0 Å². The highest BCUT2D eigenvalue weighted by Crippen LogP contribution is 2.35. The molecule has 4 heteroatoms. The first kappa shape index (κ1) is 9.45. The number of allylic oxidation sites excluding steroid dienone is 2. The molecule has 0 saturated carbocycles. The molecule has 15 heavy (non-hydrogen) atoms. The summed E-state index contributed by atoms with van der Waals surface area (Å²) in [5.41, 5.74) is 0.214. The first-order valence-electron chi connectivity index (χ1n) is 4.34. The molecule has 0 saturated heterocycles. The van der Waals surface area contributed by atoms with E-state index in [-0.39, 0.29) is 28.2 Å². The predicted molar refractivity (Wildman–Crippen MR) is 52.3 cm³/mol. The smallest absolute Gasteiger partial charge is 0.190 e. The van der Waals surface area contributed by atoms with E-state index in [1.54, 1.807) is 0 Å². The summed E-state index contributed by atoms with van der Waals surface area (Å²) >= 11 is 0. The van der Waals surface area contributed by atoms with Gasteiger partial charge in [-0.2, -0.15) is 0 Å². The molecule has 0 unspecified atom stereocenters. The third-order valence-electron chi connectivity index (χ3n) is 2.42. The molecule has 0 heterocycles. The number of rotatable bonds is 0. The van der Waals surface area contributed by atoms with E-state index < -0.39 is 11.6 Å². The number of aromatic hydroxyl groups is 2. The fourth-order valence-electron chi connectivity index (χ4n) is 1.52. The van der Waals surface area contributed by atoms with Crippen LogP contribution < -0.4 is 0 Å².